The van der Waals surface area contributed by atoms with Crippen LogP contribution in [0, 0.1) is 23.6 Å². The topological polar surface area (TPSA) is 161 Å². The van der Waals surface area contributed by atoms with Crippen LogP contribution in [0.3, 0.4) is 0 Å². The first-order valence-electron chi connectivity index (χ1n) is 12.0. The standard InChI is InChI=1S/C26H31FN2O7/c1-11(2)4-5-29(3)10-13-8-16(30)19-15(21(13)27)7-12-6-14-9-17(31)20(25(28)35)24(34)26(14,36)23(33)18(12)22(19)32/h8,11-12,14,30,32,34,36H,4-7,9-10H2,1-3H3,(H2,28,35)/t12?,14-,26-/m0/s1. The summed E-state index contributed by atoms with van der Waals surface area (Å²) in [5, 5.41) is 43.5. The predicted molar refractivity (Wildman–Crippen MR) is 127 cm³/mol. The number of amides is 1. The Balaban J connectivity index is 1.78. The number of carbonyl (C=O) groups excluding carboxylic acids is 3. The number of hydrogen-bond donors (Lipinski definition) is 5. The van der Waals surface area contributed by atoms with E-state index in [4.69, 9.17) is 5.73 Å². The van der Waals surface area contributed by atoms with Gasteiger partial charge < -0.3 is 31.1 Å². The number of benzene rings is 1. The summed E-state index contributed by atoms with van der Waals surface area (Å²) < 4.78 is 15.6. The summed E-state index contributed by atoms with van der Waals surface area (Å²) in [6, 6.07) is 1.21. The van der Waals surface area contributed by atoms with E-state index in [1.165, 1.54) is 6.07 Å². The van der Waals surface area contributed by atoms with Crippen LogP contribution in [0.5, 0.6) is 5.75 Å². The third kappa shape index (κ3) is 3.88. The highest BCUT2D eigenvalue weighted by Gasteiger charge is 2.60. The third-order valence-electron chi connectivity index (χ3n) is 7.60. The fourth-order valence-corrected chi connectivity index (χ4v) is 5.69. The van der Waals surface area contributed by atoms with Gasteiger partial charge >= 0.3 is 0 Å². The van der Waals surface area contributed by atoms with Gasteiger partial charge in [0, 0.05) is 35.6 Å². The highest BCUT2D eigenvalue weighted by Crippen LogP contribution is 2.52. The van der Waals surface area contributed by atoms with E-state index >= 15 is 4.39 Å². The van der Waals surface area contributed by atoms with Gasteiger partial charge in [-0.3, -0.25) is 14.4 Å². The minimum Gasteiger partial charge on any atom is -0.508 e. The molecule has 36 heavy (non-hydrogen) atoms. The van der Waals surface area contributed by atoms with Gasteiger partial charge in [-0.2, -0.15) is 0 Å². The summed E-state index contributed by atoms with van der Waals surface area (Å²) in [6.45, 7) is 5.12. The maximum absolute atomic E-state index is 15.6. The van der Waals surface area contributed by atoms with Gasteiger partial charge in [0.05, 0.1) is 5.56 Å². The average Bonchev–Trinajstić information content (AvgIpc) is 2.77. The van der Waals surface area contributed by atoms with Gasteiger partial charge in [0.1, 0.15) is 28.7 Å². The summed E-state index contributed by atoms with van der Waals surface area (Å²) in [6.07, 6.45) is 0.392. The van der Waals surface area contributed by atoms with Crippen LogP contribution in [-0.2, 0) is 27.3 Å². The zero-order valence-electron chi connectivity index (χ0n) is 20.5. The number of rotatable bonds is 6. The molecule has 3 aliphatic rings. The Labute approximate surface area is 207 Å². The Hall–Kier alpha value is -3.24. The number of primary amides is 1. The Bertz CT molecular complexity index is 1240. The quantitative estimate of drug-likeness (QED) is 0.369. The van der Waals surface area contributed by atoms with Crippen molar-refractivity contribution in [2.24, 2.45) is 23.5 Å². The molecule has 1 fully saturated rings. The molecule has 9 nitrogen and oxygen atoms in total. The minimum absolute atomic E-state index is 0.0400. The first-order valence-corrected chi connectivity index (χ1v) is 12.0. The van der Waals surface area contributed by atoms with Gasteiger partial charge in [0.25, 0.3) is 5.91 Å². The van der Waals surface area contributed by atoms with Crippen LogP contribution in [-0.4, -0.2) is 62.0 Å². The van der Waals surface area contributed by atoms with Gasteiger partial charge in [0.15, 0.2) is 11.4 Å². The SMILES string of the molecule is CC(C)CCN(C)Cc1cc(O)c2c(c1F)CC1C[C@H]3CC(=O)C(C(N)=O)=C(O)[C@@]3(O)C(=O)C1=C2O. The molecule has 194 valence electrons. The third-order valence-corrected chi connectivity index (χ3v) is 7.60. The molecule has 0 saturated heterocycles. The fraction of sp³-hybridized carbons (Fsp3) is 0.500. The molecule has 4 rings (SSSR count). The molecule has 1 saturated carbocycles. The van der Waals surface area contributed by atoms with Gasteiger partial charge in [-0.1, -0.05) is 13.8 Å². The molecular formula is C26H31FN2O7. The Morgan fingerprint density at radius 2 is 1.92 bits per heavy atom. The molecule has 0 spiro atoms. The Kier molecular flexibility index (Phi) is 6.47. The number of aromatic hydroxyl groups is 1. The molecule has 1 aromatic carbocycles. The zero-order valence-corrected chi connectivity index (χ0v) is 20.5. The van der Waals surface area contributed by atoms with Gasteiger partial charge in [0.2, 0.25) is 5.78 Å². The molecule has 0 aliphatic heterocycles. The van der Waals surface area contributed by atoms with Crippen molar-refractivity contribution in [2.45, 2.75) is 51.7 Å². The monoisotopic (exact) mass is 502 g/mol. The van der Waals surface area contributed by atoms with E-state index in [0.717, 1.165) is 13.0 Å². The maximum Gasteiger partial charge on any atom is 0.255 e. The molecule has 3 aliphatic carbocycles. The number of aliphatic hydroxyl groups excluding tert-OH is 2. The lowest BCUT2D eigenvalue weighted by Crippen LogP contribution is -2.58. The molecule has 0 aromatic heterocycles. The van der Waals surface area contributed by atoms with Crippen molar-refractivity contribution in [2.75, 3.05) is 13.6 Å². The van der Waals surface area contributed by atoms with Crippen molar-refractivity contribution < 1.29 is 39.2 Å². The van der Waals surface area contributed by atoms with Crippen LogP contribution in [0.25, 0.3) is 5.76 Å². The van der Waals surface area contributed by atoms with Gasteiger partial charge in [-0.05, 0) is 50.8 Å². The molecule has 1 aromatic rings. The number of carbonyl (C=O) groups is 3. The largest absolute Gasteiger partial charge is 0.508 e. The van der Waals surface area contributed by atoms with E-state index in [-0.39, 0.29) is 41.6 Å². The summed E-state index contributed by atoms with van der Waals surface area (Å²) in [7, 11) is 1.84. The highest BCUT2D eigenvalue weighted by molar-refractivity contribution is 6.22. The second kappa shape index (κ2) is 9.01. The van der Waals surface area contributed by atoms with Gasteiger partial charge in [-0.25, -0.2) is 4.39 Å². The second-order valence-corrected chi connectivity index (χ2v) is 10.5. The van der Waals surface area contributed by atoms with E-state index in [2.05, 4.69) is 13.8 Å². The van der Waals surface area contributed by atoms with Crippen LogP contribution in [0.1, 0.15) is 49.8 Å². The number of ketones is 2. The second-order valence-electron chi connectivity index (χ2n) is 10.5. The number of halogens is 1. The number of phenols is 1. The number of aliphatic hydroxyl groups is 3. The summed E-state index contributed by atoms with van der Waals surface area (Å²) in [4.78, 5) is 39.5. The molecular weight excluding hydrogens is 471 g/mol. The molecule has 0 radical (unpaired) electrons. The minimum atomic E-state index is -2.64. The molecule has 0 heterocycles. The molecule has 1 amide bonds. The number of nitrogens with zero attached hydrogens (tertiary/aromatic N) is 1. The number of nitrogens with two attached hydrogens (primary N) is 1. The van der Waals surface area contributed by atoms with Crippen molar-refractivity contribution in [3.63, 3.8) is 0 Å². The van der Waals surface area contributed by atoms with Gasteiger partial charge in [-0.15, -0.1) is 0 Å². The predicted octanol–water partition coefficient (Wildman–Crippen LogP) is 2.04. The van der Waals surface area contributed by atoms with Crippen molar-refractivity contribution in [1.29, 1.82) is 0 Å². The first kappa shape index (κ1) is 25.8. The smallest absolute Gasteiger partial charge is 0.255 e. The van der Waals surface area contributed by atoms with Crippen LogP contribution in [0.4, 0.5) is 4.39 Å². The number of fused-ring (bicyclic) bond motifs is 3. The fourth-order valence-electron chi connectivity index (χ4n) is 5.69. The number of Topliss-reactive ketones (excluding diaryl/α,β-unsaturated/α-hetero) is 2. The van der Waals surface area contributed by atoms with E-state index in [9.17, 15) is 34.8 Å². The maximum atomic E-state index is 15.6. The summed E-state index contributed by atoms with van der Waals surface area (Å²) >= 11 is 0. The van der Waals surface area contributed by atoms with Crippen molar-refractivity contribution in [1.82, 2.24) is 4.90 Å². The van der Waals surface area contributed by atoms with E-state index in [0.29, 0.717) is 5.92 Å². The van der Waals surface area contributed by atoms with E-state index in [1.54, 1.807) is 0 Å². The molecule has 10 heteroatoms. The van der Waals surface area contributed by atoms with E-state index in [1.807, 2.05) is 11.9 Å². The first-order chi connectivity index (χ1) is 16.8. The summed E-state index contributed by atoms with van der Waals surface area (Å²) in [5.41, 5.74) is 1.45. The Morgan fingerprint density at radius 1 is 1.25 bits per heavy atom. The van der Waals surface area contributed by atoms with Crippen LogP contribution in [0.2, 0.25) is 0 Å². The molecule has 1 unspecified atom stereocenters. The molecule has 0 bridgehead atoms. The lowest BCUT2D eigenvalue weighted by atomic mass is 9.59. The average molecular weight is 503 g/mol. The zero-order chi connectivity index (χ0) is 26.7. The molecule has 6 N–H and O–H groups in total. The lowest BCUT2D eigenvalue weighted by molar-refractivity contribution is -0.147. The highest BCUT2D eigenvalue weighted by atomic mass is 19.1. The van der Waals surface area contributed by atoms with Crippen LogP contribution in [0.15, 0.2) is 23.0 Å². The molecule has 3 atom stereocenters. The van der Waals surface area contributed by atoms with Crippen LogP contribution < -0.4 is 5.73 Å². The summed E-state index contributed by atoms with van der Waals surface area (Å²) in [5.74, 6) is -7.43. The van der Waals surface area contributed by atoms with Crippen molar-refractivity contribution in [3.8, 4) is 5.75 Å². The number of hydrogen-bond acceptors (Lipinski definition) is 8. The van der Waals surface area contributed by atoms with Crippen molar-refractivity contribution in [3.05, 3.63) is 45.5 Å². The van der Waals surface area contributed by atoms with Crippen molar-refractivity contribution >= 4 is 23.2 Å². The van der Waals surface area contributed by atoms with Crippen LogP contribution >= 0.6 is 0 Å². The lowest BCUT2D eigenvalue weighted by Gasteiger charge is -2.46. The Morgan fingerprint density at radius 3 is 2.53 bits per heavy atom. The van der Waals surface area contributed by atoms with E-state index < -0.39 is 70.0 Å². The number of phenolic OH excluding ortho intramolecular Hbond substituents is 1. The normalized spacial score (nSPS) is 25.9.